The number of rotatable bonds is 8. The lowest BCUT2D eigenvalue weighted by atomic mass is 10.1. The van der Waals surface area contributed by atoms with E-state index < -0.39 is 36.1 Å². The maximum Gasteiger partial charge on any atom is 0.416 e. The van der Waals surface area contributed by atoms with Crippen molar-refractivity contribution in [1.82, 2.24) is 0 Å². The Morgan fingerprint density at radius 2 is 1.66 bits per heavy atom. The predicted molar refractivity (Wildman–Crippen MR) is 114 cm³/mol. The number of hydrogen-bond donors (Lipinski definition) is 2. The molecule has 0 spiro atoms. The minimum Gasteiger partial charge on any atom is -0.456 e. The molecule has 0 bridgehead atoms. The molecule has 0 radical (unpaired) electrons. The fraction of sp³-hybridized carbons (Fsp3) is 0.318. The number of carbonyl (C=O) groups is 3. The predicted octanol–water partition coefficient (Wildman–Crippen LogP) is 5.27. The van der Waals surface area contributed by atoms with Crippen LogP contribution in [0.1, 0.15) is 36.0 Å². The number of benzene rings is 2. The second kappa shape index (κ2) is 11.0. The number of anilines is 2. The molecule has 0 aliphatic heterocycles. The van der Waals surface area contributed by atoms with Gasteiger partial charge in [0, 0.05) is 18.5 Å². The third kappa shape index (κ3) is 7.56. The van der Waals surface area contributed by atoms with Crippen molar-refractivity contribution in [1.29, 1.82) is 0 Å². The maximum absolute atomic E-state index is 12.8. The van der Waals surface area contributed by atoms with Gasteiger partial charge in [0.15, 0.2) is 6.61 Å². The summed E-state index contributed by atoms with van der Waals surface area (Å²) < 4.78 is 43.2. The van der Waals surface area contributed by atoms with Gasteiger partial charge in [0.05, 0.1) is 16.3 Å². The zero-order valence-electron chi connectivity index (χ0n) is 17.4. The number of carbonyl (C=O) groups excluding carboxylic acids is 3. The number of esters is 1. The van der Waals surface area contributed by atoms with E-state index >= 15 is 0 Å². The van der Waals surface area contributed by atoms with Crippen LogP contribution in [0.15, 0.2) is 36.4 Å². The van der Waals surface area contributed by atoms with Crippen LogP contribution >= 0.6 is 11.6 Å². The SMILES string of the molecule is Cc1cccc(NC(=O)COC(=O)CCCC(=O)Nc2cc(C(F)(F)F)ccc2Cl)c1C. The van der Waals surface area contributed by atoms with Gasteiger partial charge in [0.25, 0.3) is 5.91 Å². The molecule has 0 aliphatic rings. The van der Waals surface area contributed by atoms with Crippen LogP contribution in [0.2, 0.25) is 5.02 Å². The first kappa shape index (κ1) is 25.2. The van der Waals surface area contributed by atoms with Crippen LogP contribution in [0, 0.1) is 13.8 Å². The van der Waals surface area contributed by atoms with E-state index in [1.54, 1.807) is 12.1 Å². The van der Waals surface area contributed by atoms with E-state index in [-0.39, 0.29) is 30.0 Å². The van der Waals surface area contributed by atoms with Gasteiger partial charge < -0.3 is 15.4 Å². The van der Waals surface area contributed by atoms with Crippen LogP contribution in [0.5, 0.6) is 0 Å². The van der Waals surface area contributed by atoms with Crippen molar-refractivity contribution in [3.8, 4) is 0 Å². The lowest BCUT2D eigenvalue weighted by Gasteiger charge is -2.12. The number of hydrogen-bond acceptors (Lipinski definition) is 4. The third-order valence-electron chi connectivity index (χ3n) is 4.60. The highest BCUT2D eigenvalue weighted by Gasteiger charge is 2.31. The van der Waals surface area contributed by atoms with Gasteiger partial charge in [-0.15, -0.1) is 0 Å². The fourth-order valence-electron chi connectivity index (χ4n) is 2.69. The quantitative estimate of drug-likeness (QED) is 0.515. The molecule has 172 valence electrons. The number of amides is 2. The minimum absolute atomic E-state index is 0.0411. The molecule has 0 aromatic heterocycles. The highest BCUT2D eigenvalue weighted by Crippen LogP contribution is 2.33. The van der Waals surface area contributed by atoms with E-state index in [0.717, 1.165) is 29.3 Å². The minimum atomic E-state index is -4.57. The van der Waals surface area contributed by atoms with Crippen molar-refractivity contribution in [3.63, 3.8) is 0 Å². The van der Waals surface area contributed by atoms with Crippen molar-refractivity contribution in [2.75, 3.05) is 17.2 Å². The molecule has 10 heteroatoms. The summed E-state index contributed by atoms with van der Waals surface area (Å²) in [5.41, 5.74) is 1.41. The van der Waals surface area contributed by atoms with Crippen molar-refractivity contribution in [3.05, 3.63) is 58.1 Å². The van der Waals surface area contributed by atoms with Crippen molar-refractivity contribution in [2.45, 2.75) is 39.3 Å². The Morgan fingerprint density at radius 3 is 2.34 bits per heavy atom. The number of alkyl halides is 3. The van der Waals surface area contributed by atoms with Gasteiger partial charge in [-0.05, 0) is 55.7 Å². The summed E-state index contributed by atoms with van der Waals surface area (Å²) in [5, 5.41) is 4.91. The number of nitrogens with one attached hydrogen (secondary N) is 2. The summed E-state index contributed by atoms with van der Waals surface area (Å²) in [6.45, 7) is 3.29. The molecular weight excluding hydrogens is 449 g/mol. The topological polar surface area (TPSA) is 84.5 Å². The highest BCUT2D eigenvalue weighted by atomic mass is 35.5. The molecule has 2 aromatic carbocycles. The molecule has 2 rings (SSSR count). The first-order valence-corrected chi connectivity index (χ1v) is 10.0. The summed E-state index contributed by atoms with van der Waals surface area (Å²) >= 11 is 5.83. The standard InChI is InChI=1S/C22H22ClF3N2O4/c1-13-5-3-6-17(14(13)2)27-20(30)12-32-21(31)8-4-7-19(29)28-18-11-15(22(24,25)26)9-10-16(18)23/h3,5-6,9-11H,4,7-8,12H2,1-2H3,(H,27,30)(H,28,29). The molecular formula is C22H22ClF3N2O4. The van der Waals surface area contributed by atoms with Gasteiger partial charge in [-0.2, -0.15) is 13.2 Å². The van der Waals surface area contributed by atoms with Gasteiger partial charge in [-0.3, -0.25) is 14.4 Å². The van der Waals surface area contributed by atoms with Gasteiger partial charge in [-0.25, -0.2) is 0 Å². The summed E-state index contributed by atoms with van der Waals surface area (Å²) in [5.74, 6) is -1.78. The normalized spacial score (nSPS) is 11.1. The van der Waals surface area contributed by atoms with Gasteiger partial charge in [-0.1, -0.05) is 23.7 Å². The summed E-state index contributed by atoms with van der Waals surface area (Å²) in [4.78, 5) is 35.7. The van der Waals surface area contributed by atoms with Crippen LogP contribution in [0.4, 0.5) is 24.5 Å². The molecule has 0 aliphatic carbocycles. The summed E-state index contributed by atoms with van der Waals surface area (Å²) in [6, 6.07) is 8.02. The van der Waals surface area contributed by atoms with Crippen molar-refractivity contribution in [2.24, 2.45) is 0 Å². The van der Waals surface area contributed by atoms with E-state index in [9.17, 15) is 27.6 Å². The van der Waals surface area contributed by atoms with E-state index in [4.69, 9.17) is 16.3 Å². The molecule has 0 heterocycles. The smallest absolute Gasteiger partial charge is 0.416 e. The number of halogens is 4. The molecule has 0 unspecified atom stereocenters. The lowest BCUT2D eigenvalue weighted by Crippen LogP contribution is -2.21. The highest BCUT2D eigenvalue weighted by molar-refractivity contribution is 6.33. The molecule has 0 fully saturated rings. The third-order valence-corrected chi connectivity index (χ3v) is 4.93. The molecule has 0 atom stereocenters. The lowest BCUT2D eigenvalue weighted by molar-refractivity contribution is -0.147. The molecule has 0 saturated carbocycles. The number of ether oxygens (including phenoxy) is 1. The zero-order valence-corrected chi connectivity index (χ0v) is 18.2. The van der Waals surface area contributed by atoms with E-state index in [1.165, 1.54) is 0 Å². The largest absolute Gasteiger partial charge is 0.456 e. The monoisotopic (exact) mass is 470 g/mol. The van der Waals surface area contributed by atoms with E-state index in [2.05, 4.69) is 10.6 Å². The molecule has 0 saturated heterocycles. The Morgan fingerprint density at radius 1 is 0.969 bits per heavy atom. The van der Waals surface area contributed by atoms with Gasteiger partial charge in [0.2, 0.25) is 5.91 Å². The fourth-order valence-corrected chi connectivity index (χ4v) is 2.86. The average molecular weight is 471 g/mol. The van der Waals surface area contributed by atoms with E-state index in [0.29, 0.717) is 5.69 Å². The molecule has 2 amide bonds. The van der Waals surface area contributed by atoms with Crippen molar-refractivity contribution < 1.29 is 32.3 Å². The Labute approximate surface area is 188 Å². The van der Waals surface area contributed by atoms with Crippen LogP contribution in [0.25, 0.3) is 0 Å². The second-order valence-electron chi connectivity index (χ2n) is 7.05. The summed E-state index contributed by atoms with van der Waals surface area (Å²) in [6.07, 6.45) is -4.77. The molecule has 6 nitrogen and oxygen atoms in total. The first-order valence-electron chi connectivity index (χ1n) is 9.65. The molecule has 32 heavy (non-hydrogen) atoms. The zero-order chi connectivity index (χ0) is 23.9. The molecule has 2 aromatic rings. The first-order chi connectivity index (χ1) is 15.0. The van der Waals surface area contributed by atoms with E-state index in [1.807, 2.05) is 19.9 Å². The molecule has 2 N–H and O–H groups in total. The Kier molecular flexibility index (Phi) is 8.65. The number of aryl methyl sites for hydroxylation is 1. The van der Waals surface area contributed by atoms with Crippen LogP contribution in [-0.2, 0) is 25.3 Å². The summed E-state index contributed by atoms with van der Waals surface area (Å²) in [7, 11) is 0. The second-order valence-corrected chi connectivity index (χ2v) is 7.46. The Hall–Kier alpha value is -3.07. The Balaban J connectivity index is 1.74. The van der Waals surface area contributed by atoms with Crippen LogP contribution in [-0.4, -0.2) is 24.4 Å². The van der Waals surface area contributed by atoms with Gasteiger partial charge in [0.1, 0.15) is 0 Å². The van der Waals surface area contributed by atoms with Crippen LogP contribution < -0.4 is 10.6 Å². The van der Waals surface area contributed by atoms with Crippen molar-refractivity contribution >= 4 is 40.8 Å². The maximum atomic E-state index is 12.8. The van der Waals surface area contributed by atoms with Crippen LogP contribution in [0.3, 0.4) is 0 Å². The Bertz CT molecular complexity index is 1010. The average Bonchev–Trinajstić information content (AvgIpc) is 2.70. The van der Waals surface area contributed by atoms with Gasteiger partial charge >= 0.3 is 12.1 Å².